The maximum absolute atomic E-state index is 13.7. The van der Waals surface area contributed by atoms with Gasteiger partial charge in [0, 0.05) is 17.2 Å². The molecule has 5 rings (SSSR count). The quantitative estimate of drug-likeness (QED) is 0.412. The molecule has 1 amide bonds. The average Bonchev–Trinajstić information content (AvgIpc) is 3.44. The number of ether oxygens (including phenoxy) is 2. The van der Waals surface area contributed by atoms with E-state index < -0.39 is 0 Å². The van der Waals surface area contributed by atoms with Gasteiger partial charge in [-0.1, -0.05) is 45.2 Å². The first-order valence-corrected chi connectivity index (χ1v) is 12.8. The van der Waals surface area contributed by atoms with Crippen molar-refractivity contribution in [3.05, 3.63) is 65.4 Å². The highest BCUT2D eigenvalue weighted by Gasteiger charge is 2.45. The second kappa shape index (κ2) is 10.1. The molecule has 2 aromatic carbocycles. The van der Waals surface area contributed by atoms with Crippen molar-refractivity contribution < 1.29 is 14.3 Å². The zero-order valence-electron chi connectivity index (χ0n) is 20.9. The summed E-state index contributed by atoms with van der Waals surface area (Å²) in [7, 11) is 1.66. The Balaban J connectivity index is 1.51. The minimum atomic E-state index is -0.166. The molecule has 2 aliphatic rings. The predicted octanol–water partition coefficient (Wildman–Crippen LogP) is 6.39. The summed E-state index contributed by atoms with van der Waals surface area (Å²) in [5, 5.41) is 7.69. The highest BCUT2D eigenvalue weighted by atomic mass is 16.5. The number of H-pyrrole nitrogens is 1. The molecule has 1 unspecified atom stereocenters. The fourth-order valence-electron chi connectivity index (χ4n) is 5.36. The van der Waals surface area contributed by atoms with E-state index >= 15 is 0 Å². The number of hydrogen-bond donors (Lipinski definition) is 1. The third kappa shape index (κ3) is 4.66. The zero-order chi connectivity index (χ0) is 24.4. The van der Waals surface area contributed by atoms with E-state index in [0.29, 0.717) is 18.2 Å². The molecule has 184 valence electrons. The molecule has 1 aromatic heterocycles. The van der Waals surface area contributed by atoms with Gasteiger partial charge in [-0.25, -0.2) is 0 Å². The number of fused-ring (bicyclic) bond motifs is 1. The fraction of sp³-hybridized carbons (Fsp3) is 0.448. The molecule has 6 heteroatoms. The first-order chi connectivity index (χ1) is 17.1. The summed E-state index contributed by atoms with van der Waals surface area (Å²) in [5.41, 5.74) is 4.48. The molecule has 1 saturated carbocycles. The standard InChI is InChI=1S/C29H35N3O3/c1-19(2)17-18-35-24-15-11-21(12-16-24)28-25-26(20-9-13-23(34-3)14-10-20)30-31-27(25)29(33)32(28)22-7-5-4-6-8-22/h9-16,19,22,28H,4-8,17-18H2,1-3H3,(H,30,31). The van der Waals surface area contributed by atoms with E-state index in [-0.39, 0.29) is 18.0 Å². The normalized spacial score (nSPS) is 18.2. The number of nitrogens with zero attached hydrogens (tertiary/aromatic N) is 2. The Morgan fingerprint density at radius 2 is 1.69 bits per heavy atom. The van der Waals surface area contributed by atoms with Crippen molar-refractivity contribution in [3.8, 4) is 22.8 Å². The molecule has 0 spiro atoms. The van der Waals surface area contributed by atoms with Crippen LogP contribution < -0.4 is 9.47 Å². The summed E-state index contributed by atoms with van der Waals surface area (Å²) in [6.45, 7) is 5.11. The number of benzene rings is 2. The molecule has 1 aliphatic carbocycles. The summed E-state index contributed by atoms with van der Waals surface area (Å²) in [4.78, 5) is 15.8. The summed E-state index contributed by atoms with van der Waals surface area (Å²) in [6, 6.07) is 16.2. The van der Waals surface area contributed by atoms with Crippen molar-refractivity contribution in [1.29, 1.82) is 0 Å². The Hall–Kier alpha value is -3.28. The number of aromatic nitrogens is 2. The van der Waals surface area contributed by atoms with Gasteiger partial charge in [0.15, 0.2) is 0 Å². The largest absolute Gasteiger partial charge is 0.497 e. The van der Waals surface area contributed by atoms with Crippen molar-refractivity contribution in [2.24, 2.45) is 5.92 Å². The van der Waals surface area contributed by atoms with Crippen LogP contribution in [0.5, 0.6) is 11.5 Å². The summed E-state index contributed by atoms with van der Waals surface area (Å²) >= 11 is 0. The van der Waals surface area contributed by atoms with Gasteiger partial charge in [0.2, 0.25) is 0 Å². The molecule has 2 heterocycles. The van der Waals surface area contributed by atoms with Crippen molar-refractivity contribution in [2.45, 2.75) is 64.5 Å². The monoisotopic (exact) mass is 473 g/mol. The van der Waals surface area contributed by atoms with E-state index in [1.54, 1.807) is 7.11 Å². The van der Waals surface area contributed by atoms with Crippen LogP contribution in [0.2, 0.25) is 0 Å². The van der Waals surface area contributed by atoms with E-state index in [1.807, 2.05) is 36.4 Å². The Morgan fingerprint density at radius 3 is 2.34 bits per heavy atom. The molecule has 0 bridgehead atoms. The van der Waals surface area contributed by atoms with Gasteiger partial charge >= 0.3 is 0 Å². The SMILES string of the molecule is COc1ccc(-c2n[nH]c3c2C(c2ccc(OCCC(C)C)cc2)N(C2CCCCC2)C3=O)cc1. The summed E-state index contributed by atoms with van der Waals surface area (Å²) in [5.74, 6) is 2.33. The Morgan fingerprint density at radius 1 is 1.00 bits per heavy atom. The number of carbonyl (C=O) groups excluding carboxylic acids is 1. The van der Waals surface area contributed by atoms with E-state index in [9.17, 15) is 4.79 Å². The molecule has 0 radical (unpaired) electrons. The maximum Gasteiger partial charge on any atom is 0.273 e. The average molecular weight is 474 g/mol. The van der Waals surface area contributed by atoms with Gasteiger partial charge in [-0.05, 0) is 67.1 Å². The van der Waals surface area contributed by atoms with Gasteiger partial charge in [-0.3, -0.25) is 9.89 Å². The van der Waals surface area contributed by atoms with Crippen LogP contribution in [0, 0.1) is 5.92 Å². The summed E-state index contributed by atoms with van der Waals surface area (Å²) in [6.07, 6.45) is 6.71. The number of amides is 1. The van der Waals surface area contributed by atoms with Gasteiger partial charge in [0.05, 0.1) is 25.5 Å². The van der Waals surface area contributed by atoms with Gasteiger partial charge in [0.25, 0.3) is 5.91 Å². The van der Waals surface area contributed by atoms with Crippen LogP contribution in [0.4, 0.5) is 0 Å². The molecule has 1 aliphatic heterocycles. The van der Waals surface area contributed by atoms with E-state index in [1.165, 1.54) is 19.3 Å². The second-order valence-electron chi connectivity index (χ2n) is 10.1. The summed E-state index contributed by atoms with van der Waals surface area (Å²) < 4.78 is 11.3. The Bertz CT molecular complexity index is 1140. The number of methoxy groups -OCH3 is 1. The van der Waals surface area contributed by atoms with Crippen molar-refractivity contribution in [3.63, 3.8) is 0 Å². The smallest absolute Gasteiger partial charge is 0.273 e. The van der Waals surface area contributed by atoms with E-state index in [2.05, 4.69) is 41.1 Å². The number of hydrogen-bond acceptors (Lipinski definition) is 4. The minimum absolute atomic E-state index is 0.0569. The van der Waals surface area contributed by atoms with Gasteiger partial charge in [-0.2, -0.15) is 5.10 Å². The lowest BCUT2D eigenvalue weighted by Crippen LogP contribution is -2.40. The molecule has 1 fully saturated rings. The molecule has 6 nitrogen and oxygen atoms in total. The second-order valence-corrected chi connectivity index (χ2v) is 10.1. The van der Waals surface area contributed by atoms with Crippen LogP contribution in [-0.4, -0.2) is 40.8 Å². The molecular formula is C29H35N3O3. The highest BCUT2D eigenvalue weighted by Crippen LogP contribution is 2.46. The molecule has 3 aromatic rings. The van der Waals surface area contributed by atoms with Crippen LogP contribution in [0.25, 0.3) is 11.3 Å². The van der Waals surface area contributed by atoms with Crippen LogP contribution >= 0.6 is 0 Å². The van der Waals surface area contributed by atoms with Crippen LogP contribution in [0.3, 0.4) is 0 Å². The molecular weight excluding hydrogens is 438 g/mol. The minimum Gasteiger partial charge on any atom is -0.497 e. The zero-order valence-corrected chi connectivity index (χ0v) is 20.9. The molecule has 35 heavy (non-hydrogen) atoms. The number of rotatable bonds is 8. The van der Waals surface area contributed by atoms with Crippen molar-refractivity contribution in [1.82, 2.24) is 15.1 Å². The topological polar surface area (TPSA) is 67.5 Å². The van der Waals surface area contributed by atoms with Crippen LogP contribution in [-0.2, 0) is 0 Å². The van der Waals surface area contributed by atoms with E-state index in [4.69, 9.17) is 9.47 Å². The lowest BCUT2D eigenvalue weighted by Gasteiger charge is -2.36. The van der Waals surface area contributed by atoms with Crippen molar-refractivity contribution in [2.75, 3.05) is 13.7 Å². The van der Waals surface area contributed by atoms with Crippen LogP contribution in [0.1, 0.15) is 80.0 Å². The number of aromatic amines is 1. The number of carbonyl (C=O) groups is 1. The van der Waals surface area contributed by atoms with E-state index in [0.717, 1.165) is 53.1 Å². The van der Waals surface area contributed by atoms with Gasteiger partial charge < -0.3 is 14.4 Å². The Kier molecular flexibility index (Phi) is 6.80. The van der Waals surface area contributed by atoms with Gasteiger partial charge in [-0.15, -0.1) is 0 Å². The molecule has 1 atom stereocenters. The molecule has 1 N–H and O–H groups in total. The number of nitrogens with one attached hydrogen (secondary N) is 1. The van der Waals surface area contributed by atoms with Crippen molar-refractivity contribution >= 4 is 5.91 Å². The third-order valence-electron chi connectivity index (χ3n) is 7.30. The maximum atomic E-state index is 13.7. The van der Waals surface area contributed by atoms with Gasteiger partial charge in [0.1, 0.15) is 17.2 Å². The Labute approximate surface area is 207 Å². The fourth-order valence-corrected chi connectivity index (χ4v) is 5.36. The van der Waals surface area contributed by atoms with Crippen LogP contribution in [0.15, 0.2) is 48.5 Å². The highest BCUT2D eigenvalue weighted by molar-refractivity contribution is 6.00. The lowest BCUT2D eigenvalue weighted by atomic mass is 9.91. The molecule has 0 saturated heterocycles. The first kappa shape index (κ1) is 23.5. The third-order valence-corrected chi connectivity index (χ3v) is 7.30. The lowest BCUT2D eigenvalue weighted by molar-refractivity contribution is 0.0606. The predicted molar refractivity (Wildman–Crippen MR) is 137 cm³/mol. The first-order valence-electron chi connectivity index (χ1n) is 12.8.